The van der Waals surface area contributed by atoms with Crippen LogP contribution in [0.25, 0.3) is 10.7 Å². The first kappa shape index (κ1) is 17.2. The van der Waals surface area contributed by atoms with Gasteiger partial charge in [-0.15, -0.1) is 21.5 Å². The molecule has 1 aliphatic heterocycles. The molecule has 4 N–H and O–H groups in total. The van der Waals surface area contributed by atoms with Gasteiger partial charge in [0.05, 0.1) is 23.3 Å². The summed E-state index contributed by atoms with van der Waals surface area (Å²) < 4.78 is 7.91. The van der Waals surface area contributed by atoms with Crippen molar-refractivity contribution in [3.8, 4) is 10.7 Å². The van der Waals surface area contributed by atoms with Crippen LogP contribution in [0.5, 0.6) is 0 Å². The van der Waals surface area contributed by atoms with E-state index in [9.17, 15) is 0 Å². The van der Waals surface area contributed by atoms with Gasteiger partial charge in [0, 0.05) is 6.61 Å². The molecule has 1 aliphatic rings. The fourth-order valence-corrected chi connectivity index (χ4v) is 4.31. The molecule has 1 saturated heterocycles. The number of nitrogens with zero attached hydrogens (tertiary/aromatic N) is 6. The van der Waals surface area contributed by atoms with Gasteiger partial charge >= 0.3 is 0 Å². The van der Waals surface area contributed by atoms with Gasteiger partial charge in [-0.3, -0.25) is 4.57 Å². The number of thiophene rings is 1. The molecule has 0 unspecified atom stereocenters. The fourth-order valence-electron chi connectivity index (χ4n) is 2.79. The minimum absolute atomic E-state index is 0.119. The number of aromatic nitrogens is 6. The van der Waals surface area contributed by atoms with Crippen molar-refractivity contribution in [1.29, 1.82) is 0 Å². The summed E-state index contributed by atoms with van der Waals surface area (Å²) >= 11 is 3.13. The second-order valence-electron chi connectivity index (χ2n) is 5.79. The quantitative estimate of drug-likeness (QED) is 0.605. The molecule has 0 aliphatic carbocycles. The zero-order valence-corrected chi connectivity index (χ0v) is 15.5. The largest absolute Gasteiger partial charge is 0.376 e. The molecule has 136 valence electrons. The standard InChI is InChI=1S/C15H18N8OS2/c16-13-18-11(19-14(17)20-13)8-26-15-22-21-12(10-4-2-6-25-10)23(15)7-9-3-1-5-24-9/h2,4,6,9H,1,3,5,7-8H2,(H4,16,17,18,19,20)/t9-/m1/s1. The van der Waals surface area contributed by atoms with Crippen LogP contribution in [0.3, 0.4) is 0 Å². The SMILES string of the molecule is Nc1nc(N)nc(CSc2nnc(-c3cccs3)n2C[C@H]2CCCO2)n1. The van der Waals surface area contributed by atoms with Gasteiger partial charge in [-0.2, -0.15) is 15.0 Å². The van der Waals surface area contributed by atoms with Gasteiger partial charge in [0.25, 0.3) is 0 Å². The van der Waals surface area contributed by atoms with Crippen LogP contribution in [-0.4, -0.2) is 42.4 Å². The highest BCUT2D eigenvalue weighted by Crippen LogP contribution is 2.30. The lowest BCUT2D eigenvalue weighted by molar-refractivity contribution is 0.0953. The molecule has 26 heavy (non-hydrogen) atoms. The van der Waals surface area contributed by atoms with Gasteiger partial charge in [0.2, 0.25) is 11.9 Å². The molecule has 0 radical (unpaired) electrons. The lowest BCUT2D eigenvalue weighted by Gasteiger charge is -2.14. The summed E-state index contributed by atoms with van der Waals surface area (Å²) in [5.41, 5.74) is 11.3. The molecule has 11 heteroatoms. The summed E-state index contributed by atoms with van der Waals surface area (Å²) in [6.45, 7) is 1.54. The van der Waals surface area contributed by atoms with Crippen LogP contribution >= 0.6 is 23.1 Å². The maximum absolute atomic E-state index is 5.80. The van der Waals surface area contributed by atoms with E-state index >= 15 is 0 Å². The summed E-state index contributed by atoms with van der Waals surface area (Å²) in [4.78, 5) is 13.1. The normalized spacial score (nSPS) is 17.0. The van der Waals surface area contributed by atoms with E-state index in [0.717, 1.165) is 41.9 Å². The van der Waals surface area contributed by atoms with Crippen molar-refractivity contribution in [3.63, 3.8) is 0 Å². The number of rotatable bonds is 6. The topological polar surface area (TPSA) is 131 Å². The Balaban J connectivity index is 1.58. The van der Waals surface area contributed by atoms with Gasteiger partial charge in [-0.1, -0.05) is 17.8 Å². The van der Waals surface area contributed by atoms with Crippen LogP contribution in [0.1, 0.15) is 18.7 Å². The van der Waals surface area contributed by atoms with Crippen LogP contribution in [0.2, 0.25) is 0 Å². The average molecular weight is 390 g/mol. The molecule has 3 aromatic rings. The van der Waals surface area contributed by atoms with Crippen LogP contribution in [0.15, 0.2) is 22.7 Å². The van der Waals surface area contributed by atoms with Gasteiger partial charge < -0.3 is 16.2 Å². The van der Waals surface area contributed by atoms with E-state index in [4.69, 9.17) is 16.2 Å². The van der Waals surface area contributed by atoms with Crippen LogP contribution < -0.4 is 11.5 Å². The molecule has 1 atom stereocenters. The number of hydrogen-bond donors (Lipinski definition) is 2. The molecular weight excluding hydrogens is 372 g/mol. The first-order chi connectivity index (χ1) is 12.7. The third-order valence-corrected chi connectivity index (χ3v) is 5.74. The van der Waals surface area contributed by atoms with E-state index in [0.29, 0.717) is 11.6 Å². The van der Waals surface area contributed by atoms with E-state index in [1.54, 1.807) is 11.3 Å². The zero-order chi connectivity index (χ0) is 17.9. The van der Waals surface area contributed by atoms with Crippen molar-refractivity contribution in [2.45, 2.75) is 36.4 Å². The maximum atomic E-state index is 5.80. The maximum Gasteiger partial charge on any atom is 0.225 e. The van der Waals surface area contributed by atoms with Gasteiger partial charge in [-0.25, -0.2) is 0 Å². The lowest BCUT2D eigenvalue weighted by Crippen LogP contribution is -2.16. The third-order valence-electron chi connectivity index (χ3n) is 3.92. The Bertz CT molecular complexity index is 856. The van der Waals surface area contributed by atoms with Crippen LogP contribution in [0.4, 0.5) is 11.9 Å². The summed E-state index contributed by atoms with van der Waals surface area (Å²) in [5, 5.41) is 11.6. The fraction of sp³-hybridized carbons (Fsp3) is 0.400. The van der Waals surface area contributed by atoms with E-state index in [-0.39, 0.29) is 18.0 Å². The predicted octanol–water partition coefficient (Wildman–Crippen LogP) is 1.83. The minimum Gasteiger partial charge on any atom is -0.376 e. The van der Waals surface area contributed by atoms with Crippen molar-refractivity contribution in [2.75, 3.05) is 18.1 Å². The number of nitrogens with two attached hydrogens (primary N) is 2. The van der Waals surface area contributed by atoms with Crippen molar-refractivity contribution in [1.82, 2.24) is 29.7 Å². The van der Waals surface area contributed by atoms with Crippen molar-refractivity contribution < 1.29 is 4.74 Å². The lowest BCUT2D eigenvalue weighted by atomic mass is 10.2. The molecular formula is C15H18N8OS2. The van der Waals surface area contributed by atoms with Gasteiger partial charge in [0.1, 0.15) is 5.82 Å². The highest BCUT2D eigenvalue weighted by Gasteiger charge is 2.22. The number of hydrogen-bond acceptors (Lipinski definition) is 10. The van der Waals surface area contributed by atoms with Crippen molar-refractivity contribution in [2.24, 2.45) is 0 Å². The summed E-state index contributed by atoms with van der Waals surface area (Å²) in [6, 6.07) is 4.05. The second kappa shape index (κ2) is 7.56. The molecule has 0 spiro atoms. The van der Waals surface area contributed by atoms with Crippen molar-refractivity contribution >= 4 is 35.0 Å². The van der Waals surface area contributed by atoms with E-state index in [1.807, 2.05) is 17.5 Å². The summed E-state index contributed by atoms with van der Waals surface area (Å²) in [7, 11) is 0. The van der Waals surface area contributed by atoms with E-state index in [1.165, 1.54) is 11.8 Å². The van der Waals surface area contributed by atoms with Gasteiger partial charge in [-0.05, 0) is 24.3 Å². The Hall–Kier alpha value is -2.24. The Morgan fingerprint density at radius 1 is 1.23 bits per heavy atom. The first-order valence-corrected chi connectivity index (χ1v) is 10.0. The van der Waals surface area contributed by atoms with E-state index in [2.05, 4.69) is 29.7 Å². The van der Waals surface area contributed by atoms with E-state index < -0.39 is 0 Å². The summed E-state index contributed by atoms with van der Waals surface area (Å²) in [5.74, 6) is 2.09. The Morgan fingerprint density at radius 3 is 2.77 bits per heavy atom. The molecule has 4 rings (SSSR count). The highest BCUT2D eigenvalue weighted by molar-refractivity contribution is 7.98. The second-order valence-corrected chi connectivity index (χ2v) is 7.68. The molecule has 0 saturated carbocycles. The molecule has 9 nitrogen and oxygen atoms in total. The highest BCUT2D eigenvalue weighted by atomic mass is 32.2. The summed E-state index contributed by atoms with van der Waals surface area (Å²) in [6.07, 6.45) is 2.33. The monoisotopic (exact) mass is 390 g/mol. The number of nitrogen functional groups attached to an aromatic ring is 2. The molecule has 0 aromatic carbocycles. The van der Waals surface area contributed by atoms with Crippen molar-refractivity contribution in [3.05, 3.63) is 23.3 Å². The zero-order valence-electron chi connectivity index (χ0n) is 13.9. The van der Waals surface area contributed by atoms with Crippen LogP contribution in [0, 0.1) is 0 Å². The van der Waals surface area contributed by atoms with Gasteiger partial charge in [0.15, 0.2) is 11.0 Å². The van der Waals surface area contributed by atoms with Crippen LogP contribution in [-0.2, 0) is 17.0 Å². The molecule has 0 bridgehead atoms. The Labute approximate surface area is 158 Å². The predicted molar refractivity (Wildman–Crippen MR) is 101 cm³/mol. The molecule has 0 amide bonds. The third kappa shape index (κ3) is 3.79. The first-order valence-electron chi connectivity index (χ1n) is 8.16. The minimum atomic E-state index is 0.119. The average Bonchev–Trinajstić information content (AvgIpc) is 3.35. The Kier molecular flexibility index (Phi) is 5.00. The number of anilines is 2. The molecule has 4 heterocycles. The molecule has 3 aromatic heterocycles. The smallest absolute Gasteiger partial charge is 0.225 e. The number of thioether (sulfide) groups is 1. The Morgan fingerprint density at radius 2 is 2.08 bits per heavy atom. The number of ether oxygens (including phenoxy) is 1. The molecule has 1 fully saturated rings.